The summed E-state index contributed by atoms with van der Waals surface area (Å²) < 4.78 is 91.3. The largest absolute Gasteiger partial charge is 0.790 e. The van der Waals surface area contributed by atoms with Crippen molar-refractivity contribution in [2.24, 2.45) is 5.84 Å². The number of phosphoric ester groups is 1. The summed E-state index contributed by atoms with van der Waals surface area (Å²) in [5, 5.41) is 194. The molecule has 0 bridgehead atoms. The van der Waals surface area contributed by atoms with Crippen molar-refractivity contribution in [3.8, 4) is 0 Å². The molecule has 480 valence electrons. The van der Waals surface area contributed by atoms with Crippen molar-refractivity contribution >= 4 is 22.4 Å². The molecular formula is C40H68N2O38P2-4. The number of hydrogen-bond acceptors (Lipinski definition) is 39. The van der Waals surface area contributed by atoms with Crippen LogP contribution in [0.5, 0.6) is 0 Å². The van der Waals surface area contributed by atoms with Crippen LogP contribution in [0, 0.1) is 0 Å². The highest BCUT2D eigenvalue weighted by Crippen LogP contribution is 2.36. The number of amides is 1. The Bertz CT molecular complexity index is 1960. The minimum Gasteiger partial charge on any atom is -0.790 e. The predicted octanol–water partition coefficient (Wildman–Crippen LogP) is -16.6. The van der Waals surface area contributed by atoms with Gasteiger partial charge in [0.1, 0.15) is 146 Å². The highest BCUT2D eigenvalue weighted by Gasteiger charge is 2.56. The predicted molar refractivity (Wildman–Crippen MR) is 237 cm³/mol. The third-order valence-corrected chi connectivity index (χ3v) is 14.1. The van der Waals surface area contributed by atoms with Gasteiger partial charge in [0, 0.05) is 6.42 Å². The second-order valence-corrected chi connectivity index (χ2v) is 20.4. The maximum atomic E-state index is 11.8. The molecule has 0 radical (unpaired) electrons. The topological polar surface area (TPSA) is 655 Å². The van der Waals surface area contributed by atoms with Crippen molar-refractivity contribution in [3.63, 3.8) is 0 Å². The van der Waals surface area contributed by atoms with Crippen LogP contribution >= 0.6 is 16.5 Å². The summed E-state index contributed by atoms with van der Waals surface area (Å²) in [6, 6.07) is 0. The van der Waals surface area contributed by atoms with Gasteiger partial charge in [-0.15, -0.1) is 0 Å². The van der Waals surface area contributed by atoms with Gasteiger partial charge in [-0.2, -0.15) is 0 Å². The Balaban J connectivity index is 0.00000402. The van der Waals surface area contributed by atoms with E-state index in [0.717, 1.165) is 0 Å². The Morgan fingerprint density at radius 3 is 1.30 bits per heavy atom. The Hall–Kier alpha value is -1.64. The zero-order valence-electron chi connectivity index (χ0n) is 42.3. The lowest BCUT2D eigenvalue weighted by Crippen LogP contribution is -2.67. The van der Waals surface area contributed by atoms with E-state index in [4.69, 9.17) is 72.1 Å². The molecule has 6 aliphatic rings. The van der Waals surface area contributed by atoms with Gasteiger partial charge in [0.25, 0.3) is 0 Å². The fourth-order valence-electron chi connectivity index (χ4n) is 9.09. The maximum Gasteiger partial charge on any atom is 0.233 e. The van der Waals surface area contributed by atoms with E-state index < -0.39 is 246 Å². The van der Waals surface area contributed by atoms with Gasteiger partial charge in [-0.3, -0.25) is 14.8 Å². The molecule has 20 N–H and O–H groups in total. The Kier molecular flexibility index (Phi) is 28.2. The number of carbonyl (C=O) groups is 1. The molecule has 30 atom stereocenters. The van der Waals surface area contributed by atoms with E-state index >= 15 is 0 Å². The van der Waals surface area contributed by atoms with Crippen LogP contribution in [0.25, 0.3) is 0 Å². The van der Waals surface area contributed by atoms with Crippen molar-refractivity contribution in [1.82, 2.24) is 5.43 Å². The normalized spacial score (nSPS) is 45.7. The van der Waals surface area contributed by atoms with Gasteiger partial charge in [0.2, 0.25) is 5.91 Å². The van der Waals surface area contributed by atoms with E-state index in [1.54, 1.807) is 0 Å². The highest BCUT2D eigenvalue weighted by atomic mass is 31.2. The van der Waals surface area contributed by atoms with Crippen LogP contribution < -0.4 is 31.2 Å². The van der Waals surface area contributed by atoms with E-state index in [2.05, 4.69) is 9.41 Å². The van der Waals surface area contributed by atoms with Crippen LogP contribution in [0.3, 0.4) is 0 Å². The average molecular weight is 1250 g/mol. The molecule has 0 aliphatic carbocycles. The molecule has 0 aromatic heterocycles. The number of aliphatic hydroxyl groups is 17. The molecule has 6 heterocycles. The molecule has 6 aliphatic heterocycles. The number of rotatable bonds is 24. The number of aliphatic hydroxyl groups excluding tert-OH is 17. The van der Waals surface area contributed by atoms with Gasteiger partial charge in [-0.05, 0) is 6.42 Å². The van der Waals surface area contributed by atoms with Gasteiger partial charge >= 0.3 is 0 Å². The Morgan fingerprint density at radius 1 is 0.476 bits per heavy atom. The first kappa shape index (κ1) is 71.1. The zero-order chi connectivity index (χ0) is 61.1. The number of carbonyl (C=O) groups excluding carboxylic acids is 1. The average Bonchev–Trinajstić information content (AvgIpc) is 3.50. The minimum absolute atomic E-state index is 0.0704. The van der Waals surface area contributed by atoms with Gasteiger partial charge < -0.3 is 178 Å². The molecule has 6 rings (SSSR count). The van der Waals surface area contributed by atoms with E-state index in [-0.39, 0.29) is 19.4 Å². The number of hydrogen-bond donors (Lipinski definition) is 19. The fraction of sp³-hybridized carbons (Fsp3) is 0.975. The van der Waals surface area contributed by atoms with E-state index in [1.165, 1.54) is 0 Å². The molecule has 40 nitrogen and oxygen atoms in total. The summed E-state index contributed by atoms with van der Waals surface area (Å²) in [5.74, 6) is 4.50. The molecule has 42 heteroatoms. The third kappa shape index (κ3) is 17.8. The summed E-state index contributed by atoms with van der Waals surface area (Å²) in [7, 11) is -6.80. The van der Waals surface area contributed by atoms with Crippen molar-refractivity contribution in [2.75, 3.05) is 46.2 Å². The molecule has 0 aromatic rings. The summed E-state index contributed by atoms with van der Waals surface area (Å²) in [6.07, 6.45) is -60.4. The smallest absolute Gasteiger partial charge is 0.233 e. The van der Waals surface area contributed by atoms with Gasteiger partial charge in [0.05, 0.1) is 62.8 Å². The Labute approximate surface area is 463 Å². The molecule has 12 unspecified atom stereocenters. The van der Waals surface area contributed by atoms with Crippen LogP contribution in [0.15, 0.2) is 0 Å². The van der Waals surface area contributed by atoms with Gasteiger partial charge in [-0.25, -0.2) is 5.84 Å². The van der Waals surface area contributed by atoms with Crippen LogP contribution in [0.4, 0.5) is 0 Å². The van der Waals surface area contributed by atoms with E-state index in [1.807, 2.05) is 5.43 Å². The van der Waals surface area contributed by atoms with Crippen LogP contribution in [0.2, 0.25) is 0 Å². The first-order valence-corrected chi connectivity index (χ1v) is 26.9. The number of phosphoric acid groups is 1. The summed E-state index contributed by atoms with van der Waals surface area (Å²) in [5.41, 5.74) is 1.89. The quantitative estimate of drug-likeness (QED) is 0.0107. The molecule has 82 heavy (non-hydrogen) atoms. The van der Waals surface area contributed by atoms with E-state index in [0.29, 0.717) is 0 Å². The lowest BCUT2D eigenvalue weighted by atomic mass is 9.96. The summed E-state index contributed by atoms with van der Waals surface area (Å²) in [4.78, 5) is 46.2. The first-order chi connectivity index (χ1) is 38.7. The lowest BCUT2D eigenvalue weighted by Gasteiger charge is -2.49. The standard InChI is InChI=1S/C40H71N2O36P.HO2P/c41-42-16(45)2-1-3-65-36-31(60)32(76-40-34(27(56)18(47)11(5-44)71-40)78-38-30(59)25(54)21(50)15(75-38)9-69-79(62,63)64)22(51)13(73-36)7-66-35-28(57)23(52)19(48)12(72-35)6-67-39-33(26(55)17(46)10(4-43)70-39)77-37-29(58)24(53)20(49)14(74-37)8-68-61;1-3-2/h10-15,17-40,43-44,46-61H,1-9,41H2,(H,42,45)(H2,62,63,64);(H,1,2)/p-4/t10?,11?,12?,13?,14?,15?,17-,18-,19-,20-,21-,22-,23+,24+,25+,26+,27+,28?,29?,30?,31?,32+,33?,34?,35+,36-,37+,38-,39+,40-;/m1./s1. The zero-order valence-corrected chi connectivity index (χ0v) is 44.1. The second kappa shape index (κ2) is 32.5. The number of ether oxygens (including phenoxy) is 12. The summed E-state index contributed by atoms with van der Waals surface area (Å²) >= 11 is 0. The molecule has 6 saturated heterocycles. The lowest BCUT2D eigenvalue weighted by molar-refractivity contribution is -0.692. The molecule has 6 fully saturated rings. The van der Waals surface area contributed by atoms with Crippen LogP contribution in [0.1, 0.15) is 12.8 Å². The summed E-state index contributed by atoms with van der Waals surface area (Å²) in [6.45, 7) is -6.29. The molecule has 0 spiro atoms. The first-order valence-electron chi connectivity index (χ1n) is 24.7. The van der Waals surface area contributed by atoms with Crippen molar-refractivity contribution < 1.29 is 187 Å². The molecule has 0 aromatic carbocycles. The van der Waals surface area contributed by atoms with E-state index in [9.17, 15) is 111 Å². The van der Waals surface area contributed by atoms with Crippen molar-refractivity contribution in [3.05, 3.63) is 0 Å². The molecule has 0 saturated carbocycles. The number of nitrogens with two attached hydrogens (primary N) is 1. The maximum absolute atomic E-state index is 11.8. The van der Waals surface area contributed by atoms with Crippen LogP contribution in [-0.4, -0.2) is 323 Å². The van der Waals surface area contributed by atoms with Gasteiger partial charge in [-0.1, -0.05) is 0 Å². The number of hydrazine groups is 1. The third-order valence-electron chi connectivity index (χ3n) is 13.6. The molecule has 1 amide bonds. The number of nitrogens with one attached hydrogen (secondary N) is 1. The second-order valence-electron chi connectivity index (χ2n) is 19.1. The van der Waals surface area contributed by atoms with Crippen LogP contribution in [-0.2, 0) is 80.2 Å². The fourth-order valence-corrected chi connectivity index (χ4v) is 9.42. The van der Waals surface area contributed by atoms with Crippen molar-refractivity contribution in [1.29, 1.82) is 0 Å². The monoisotopic (exact) mass is 1250 g/mol. The molecular weight excluding hydrogens is 1180 g/mol. The van der Waals surface area contributed by atoms with Crippen molar-refractivity contribution in [2.45, 2.75) is 197 Å². The minimum atomic E-state index is -5.71. The Morgan fingerprint density at radius 2 is 0.841 bits per heavy atom. The SMILES string of the molecule is NNC(=O)CCCO[C@@H]1OC(CO[C@H]2OC(CO[C@H]3OC(CO)[C@@H](O)[C@H](O)C3O[C@@H]3OC(CO[O-])[C@@H](O)[C@H](O)C3O)[C@@H](O)[C@H](O)C2O)[C@@H](O)[C@H](O[C@H]2OC(CO)[C@@H](O)[C@H](O)C2O[C@H]2OC(COP(=O)([O-])[O-])[C@@H](O)[C@H](O)C2O)C1O.O=P[O-]. The van der Waals surface area contributed by atoms with Gasteiger partial charge in [0.15, 0.2) is 37.7 Å². The highest BCUT2D eigenvalue weighted by molar-refractivity contribution is 7.43.